The molecular formula is C14H22S. The number of rotatable bonds is 8. The van der Waals surface area contributed by atoms with Gasteiger partial charge in [0.15, 0.2) is 0 Å². The molecule has 1 aromatic rings. The lowest BCUT2D eigenvalue weighted by atomic mass is 10.1. The standard InChI is InChI=1S/C14H22S/c1-3-5-6-7-8-9-10-13-11-12-15-14(13)4-2/h4,11-12H,2-3,5-10H2,1H3. The van der Waals surface area contributed by atoms with Gasteiger partial charge in [-0.2, -0.15) is 0 Å². The summed E-state index contributed by atoms with van der Waals surface area (Å²) in [6.45, 7) is 6.11. The van der Waals surface area contributed by atoms with Crippen LogP contribution in [0.25, 0.3) is 6.08 Å². The largest absolute Gasteiger partial charge is 0.144 e. The van der Waals surface area contributed by atoms with E-state index < -0.39 is 0 Å². The summed E-state index contributed by atoms with van der Waals surface area (Å²) in [6, 6.07) is 2.24. The molecule has 0 amide bonds. The second-order valence-corrected chi connectivity index (χ2v) is 4.98. The highest BCUT2D eigenvalue weighted by Crippen LogP contribution is 2.20. The maximum atomic E-state index is 3.84. The van der Waals surface area contributed by atoms with Gasteiger partial charge in [0.2, 0.25) is 0 Å². The fourth-order valence-electron chi connectivity index (χ4n) is 1.83. The molecule has 0 aliphatic heterocycles. The van der Waals surface area contributed by atoms with Crippen molar-refractivity contribution >= 4 is 17.4 Å². The van der Waals surface area contributed by atoms with Crippen LogP contribution in [0.3, 0.4) is 0 Å². The molecule has 0 aliphatic carbocycles. The van der Waals surface area contributed by atoms with Crippen molar-refractivity contribution in [2.45, 2.75) is 51.9 Å². The molecule has 84 valence electrons. The average Bonchev–Trinajstić information content (AvgIpc) is 2.70. The van der Waals surface area contributed by atoms with Gasteiger partial charge in [0, 0.05) is 4.88 Å². The molecule has 1 rings (SSSR count). The van der Waals surface area contributed by atoms with Crippen molar-refractivity contribution in [3.63, 3.8) is 0 Å². The highest BCUT2D eigenvalue weighted by molar-refractivity contribution is 7.11. The lowest BCUT2D eigenvalue weighted by Crippen LogP contribution is -1.85. The van der Waals surface area contributed by atoms with E-state index in [4.69, 9.17) is 0 Å². The molecule has 0 bridgehead atoms. The monoisotopic (exact) mass is 222 g/mol. The van der Waals surface area contributed by atoms with Gasteiger partial charge in [-0.25, -0.2) is 0 Å². The third kappa shape index (κ3) is 4.65. The number of unbranched alkanes of at least 4 members (excludes halogenated alkanes) is 5. The molecule has 0 saturated carbocycles. The number of aryl methyl sites for hydroxylation is 1. The average molecular weight is 222 g/mol. The molecule has 1 heterocycles. The Hall–Kier alpha value is -0.560. The Morgan fingerprint density at radius 1 is 1.20 bits per heavy atom. The summed E-state index contributed by atoms with van der Waals surface area (Å²) in [7, 11) is 0. The Morgan fingerprint density at radius 2 is 1.93 bits per heavy atom. The minimum Gasteiger partial charge on any atom is -0.144 e. The first-order valence-corrected chi connectivity index (χ1v) is 6.95. The molecule has 0 fully saturated rings. The van der Waals surface area contributed by atoms with E-state index in [-0.39, 0.29) is 0 Å². The van der Waals surface area contributed by atoms with E-state index in [1.165, 1.54) is 55.4 Å². The Balaban J connectivity index is 2.12. The van der Waals surface area contributed by atoms with Crippen LogP contribution in [0.15, 0.2) is 18.0 Å². The Bertz CT molecular complexity index is 273. The predicted molar refractivity (Wildman–Crippen MR) is 71.5 cm³/mol. The summed E-state index contributed by atoms with van der Waals surface area (Å²) >= 11 is 1.80. The fourth-order valence-corrected chi connectivity index (χ4v) is 2.63. The van der Waals surface area contributed by atoms with Gasteiger partial charge in [-0.05, 0) is 29.9 Å². The second-order valence-electron chi connectivity index (χ2n) is 4.03. The zero-order valence-corrected chi connectivity index (χ0v) is 10.6. The molecule has 0 aliphatic rings. The van der Waals surface area contributed by atoms with E-state index in [1.54, 1.807) is 11.3 Å². The minimum atomic E-state index is 1.23. The van der Waals surface area contributed by atoms with Gasteiger partial charge >= 0.3 is 0 Å². The topological polar surface area (TPSA) is 0 Å². The quantitative estimate of drug-likeness (QED) is 0.524. The third-order valence-electron chi connectivity index (χ3n) is 2.77. The molecule has 1 aromatic heterocycles. The van der Waals surface area contributed by atoms with E-state index in [0.717, 1.165) is 0 Å². The molecular weight excluding hydrogens is 200 g/mol. The lowest BCUT2D eigenvalue weighted by Gasteiger charge is -2.01. The number of hydrogen-bond donors (Lipinski definition) is 0. The first-order chi connectivity index (χ1) is 7.38. The van der Waals surface area contributed by atoms with Gasteiger partial charge in [0.05, 0.1) is 0 Å². The predicted octanol–water partition coefficient (Wildman–Crippen LogP) is 5.29. The van der Waals surface area contributed by atoms with E-state index in [9.17, 15) is 0 Å². The van der Waals surface area contributed by atoms with Crippen molar-refractivity contribution < 1.29 is 0 Å². The molecule has 0 nitrogen and oxygen atoms in total. The van der Waals surface area contributed by atoms with E-state index in [0.29, 0.717) is 0 Å². The smallest absolute Gasteiger partial charge is 0.0296 e. The molecule has 0 unspecified atom stereocenters. The van der Waals surface area contributed by atoms with Crippen LogP contribution in [-0.4, -0.2) is 0 Å². The zero-order chi connectivity index (χ0) is 10.9. The van der Waals surface area contributed by atoms with Crippen molar-refractivity contribution in [3.05, 3.63) is 28.5 Å². The summed E-state index contributed by atoms with van der Waals surface area (Å²) in [5.74, 6) is 0. The maximum absolute atomic E-state index is 3.84. The van der Waals surface area contributed by atoms with Gasteiger partial charge < -0.3 is 0 Å². The van der Waals surface area contributed by atoms with Crippen LogP contribution in [0.4, 0.5) is 0 Å². The summed E-state index contributed by atoms with van der Waals surface area (Å²) in [4.78, 5) is 1.36. The van der Waals surface area contributed by atoms with Crippen LogP contribution < -0.4 is 0 Å². The van der Waals surface area contributed by atoms with Gasteiger partial charge in [0.25, 0.3) is 0 Å². The minimum absolute atomic E-state index is 1.23. The SMILES string of the molecule is C=Cc1sccc1CCCCCCCC. The molecule has 0 aromatic carbocycles. The highest BCUT2D eigenvalue weighted by atomic mass is 32.1. The van der Waals surface area contributed by atoms with Gasteiger partial charge in [-0.3, -0.25) is 0 Å². The van der Waals surface area contributed by atoms with E-state index in [2.05, 4.69) is 24.9 Å². The molecule has 0 saturated heterocycles. The Morgan fingerprint density at radius 3 is 2.67 bits per heavy atom. The fraction of sp³-hybridized carbons (Fsp3) is 0.571. The Kier molecular flexibility index (Phi) is 6.42. The summed E-state index contributed by atoms with van der Waals surface area (Å²) in [5, 5.41) is 2.17. The van der Waals surface area contributed by atoms with Gasteiger partial charge in [0.1, 0.15) is 0 Å². The van der Waals surface area contributed by atoms with E-state index >= 15 is 0 Å². The van der Waals surface area contributed by atoms with E-state index in [1.807, 2.05) is 6.08 Å². The van der Waals surface area contributed by atoms with Gasteiger partial charge in [-0.1, -0.05) is 51.7 Å². The first kappa shape index (κ1) is 12.5. The van der Waals surface area contributed by atoms with Crippen LogP contribution in [0, 0.1) is 0 Å². The first-order valence-electron chi connectivity index (χ1n) is 6.07. The van der Waals surface area contributed by atoms with Crippen molar-refractivity contribution in [1.29, 1.82) is 0 Å². The number of thiophene rings is 1. The van der Waals surface area contributed by atoms with Crippen LogP contribution in [0.1, 0.15) is 55.9 Å². The maximum Gasteiger partial charge on any atom is 0.0296 e. The Labute approximate surface area is 98.0 Å². The van der Waals surface area contributed by atoms with Crippen molar-refractivity contribution in [3.8, 4) is 0 Å². The summed E-state index contributed by atoms with van der Waals surface area (Å²) < 4.78 is 0. The van der Waals surface area contributed by atoms with Crippen LogP contribution in [0.5, 0.6) is 0 Å². The zero-order valence-electron chi connectivity index (χ0n) is 9.80. The third-order valence-corrected chi connectivity index (χ3v) is 3.72. The molecule has 0 N–H and O–H groups in total. The summed E-state index contributed by atoms with van der Waals surface area (Å²) in [6.07, 6.45) is 11.5. The molecule has 0 spiro atoms. The summed E-state index contributed by atoms with van der Waals surface area (Å²) in [5.41, 5.74) is 1.49. The molecule has 15 heavy (non-hydrogen) atoms. The number of hydrogen-bond acceptors (Lipinski definition) is 1. The molecule has 0 atom stereocenters. The normalized spacial score (nSPS) is 10.5. The second kappa shape index (κ2) is 7.70. The van der Waals surface area contributed by atoms with Crippen molar-refractivity contribution in [2.24, 2.45) is 0 Å². The molecule has 0 radical (unpaired) electrons. The highest BCUT2D eigenvalue weighted by Gasteiger charge is 2.00. The van der Waals surface area contributed by atoms with Crippen LogP contribution >= 0.6 is 11.3 Å². The molecule has 1 heteroatoms. The van der Waals surface area contributed by atoms with Crippen LogP contribution in [0.2, 0.25) is 0 Å². The van der Waals surface area contributed by atoms with Crippen molar-refractivity contribution in [1.82, 2.24) is 0 Å². The van der Waals surface area contributed by atoms with Gasteiger partial charge in [-0.15, -0.1) is 11.3 Å². The van der Waals surface area contributed by atoms with Crippen LogP contribution in [-0.2, 0) is 6.42 Å². The van der Waals surface area contributed by atoms with Crippen molar-refractivity contribution in [2.75, 3.05) is 0 Å². The lowest BCUT2D eigenvalue weighted by molar-refractivity contribution is 0.608.